The first-order chi connectivity index (χ1) is 10.2. The third kappa shape index (κ3) is 2.82. The summed E-state index contributed by atoms with van der Waals surface area (Å²) in [6.45, 7) is 1.92. The van der Waals surface area contributed by atoms with Crippen LogP contribution in [0.25, 0.3) is 22.8 Å². The van der Waals surface area contributed by atoms with E-state index in [1.54, 1.807) is 6.20 Å². The minimum Gasteiger partial charge on any atom is -0.252 e. The quantitative estimate of drug-likeness (QED) is 0.608. The monoisotopic (exact) mass is 359 g/mol. The Hall–Kier alpha value is -1.78. The van der Waals surface area contributed by atoms with E-state index in [0.29, 0.717) is 16.7 Å². The number of hydrogen-bond donors (Lipinski definition) is 0. The van der Waals surface area contributed by atoms with Crippen molar-refractivity contribution in [1.29, 1.82) is 0 Å². The summed E-state index contributed by atoms with van der Waals surface area (Å²) in [5.74, 6) is 0.511. The standard InChI is InChI=1S/C16H11BrClN3/c1-10-13(11-6-3-2-4-7-11)20-16(21-15(10)18)14-12(17)8-5-9-19-14/h2-9H,1H3. The molecule has 0 atom stereocenters. The number of pyridine rings is 1. The Kier molecular flexibility index (Phi) is 3.99. The highest BCUT2D eigenvalue weighted by molar-refractivity contribution is 9.10. The maximum absolute atomic E-state index is 6.28. The maximum Gasteiger partial charge on any atom is 0.181 e. The highest BCUT2D eigenvalue weighted by Crippen LogP contribution is 2.30. The minimum absolute atomic E-state index is 0.441. The molecule has 3 aromatic rings. The summed E-state index contributed by atoms with van der Waals surface area (Å²) in [5, 5.41) is 0.441. The molecule has 2 heterocycles. The van der Waals surface area contributed by atoms with E-state index in [-0.39, 0.29) is 0 Å². The highest BCUT2D eigenvalue weighted by atomic mass is 79.9. The van der Waals surface area contributed by atoms with Gasteiger partial charge in [0, 0.05) is 21.8 Å². The fourth-order valence-corrected chi connectivity index (χ4v) is 2.62. The maximum atomic E-state index is 6.28. The van der Waals surface area contributed by atoms with Crippen molar-refractivity contribution in [2.75, 3.05) is 0 Å². The number of rotatable bonds is 2. The van der Waals surface area contributed by atoms with Gasteiger partial charge >= 0.3 is 0 Å². The third-order valence-corrected chi connectivity index (χ3v) is 4.11. The van der Waals surface area contributed by atoms with Gasteiger partial charge in [-0.1, -0.05) is 41.9 Å². The summed E-state index contributed by atoms with van der Waals surface area (Å²) >= 11 is 9.75. The lowest BCUT2D eigenvalue weighted by molar-refractivity contribution is 1.11. The van der Waals surface area contributed by atoms with E-state index in [9.17, 15) is 0 Å². The topological polar surface area (TPSA) is 38.7 Å². The molecule has 104 valence electrons. The van der Waals surface area contributed by atoms with Crippen LogP contribution in [0.3, 0.4) is 0 Å². The van der Waals surface area contributed by atoms with Crippen LogP contribution in [0.4, 0.5) is 0 Å². The highest BCUT2D eigenvalue weighted by Gasteiger charge is 2.14. The van der Waals surface area contributed by atoms with E-state index in [1.165, 1.54) is 0 Å². The Labute approximate surface area is 136 Å². The second-order valence-electron chi connectivity index (χ2n) is 4.51. The van der Waals surface area contributed by atoms with Gasteiger partial charge < -0.3 is 0 Å². The van der Waals surface area contributed by atoms with Gasteiger partial charge in [0.25, 0.3) is 0 Å². The smallest absolute Gasteiger partial charge is 0.181 e. The van der Waals surface area contributed by atoms with Gasteiger partial charge in [0.2, 0.25) is 0 Å². The summed E-state index contributed by atoms with van der Waals surface area (Å²) in [7, 11) is 0. The Bertz CT molecular complexity index is 791. The van der Waals surface area contributed by atoms with Gasteiger partial charge in [0.15, 0.2) is 5.82 Å². The van der Waals surface area contributed by atoms with E-state index in [1.807, 2.05) is 49.4 Å². The minimum atomic E-state index is 0.441. The summed E-state index contributed by atoms with van der Waals surface area (Å²) in [6.07, 6.45) is 1.71. The SMILES string of the molecule is Cc1c(Cl)nc(-c2ncccc2Br)nc1-c1ccccc1. The van der Waals surface area contributed by atoms with E-state index < -0.39 is 0 Å². The normalized spacial score (nSPS) is 10.6. The Balaban J connectivity index is 2.22. The van der Waals surface area contributed by atoms with E-state index >= 15 is 0 Å². The van der Waals surface area contributed by atoms with Crippen molar-refractivity contribution >= 4 is 27.5 Å². The number of halogens is 2. The summed E-state index contributed by atoms with van der Waals surface area (Å²) < 4.78 is 0.837. The van der Waals surface area contributed by atoms with Crippen LogP contribution in [0.2, 0.25) is 5.15 Å². The molecular formula is C16H11BrClN3. The van der Waals surface area contributed by atoms with E-state index in [4.69, 9.17) is 11.6 Å². The fraction of sp³-hybridized carbons (Fsp3) is 0.0625. The summed E-state index contributed by atoms with van der Waals surface area (Å²) in [6, 6.07) is 13.7. The van der Waals surface area contributed by atoms with Crippen LogP contribution in [0, 0.1) is 6.92 Å². The zero-order valence-corrected chi connectivity index (χ0v) is 13.6. The molecule has 0 N–H and O–H groups in total. The molecule has 0 aliphatic rings. The van der Waals surface area contributed by atoms with Crippen LogP contribution in [0.15, 0.2) is 53.1 Å². The average Bonchev–Trinajstić information content (AvgIpc) is 2.51. The number of nitrogens with zero attached hydrogens (tertiary/aromatic N) is 3. The molecule has 0 bridgehead atoms. The lowest BCUT2D eigenvalue weighted by Crippen LogP contribution is -1.99. The molecule has 21 heavy (non-hydrogen) atoms. The Morgan fingerprint density at radius 2 is 1.71 bits per heavy atom. The molecule has 0 fully saturated rings. The van der Waals surface area contributed by atoms with Crippen LogP contribution in [0.1, 0.15) is 5.56 Å². The molecule has 3 rings (SSSR count). The first-order valence-electron chi connectivity index (χ1n) is 6.37. The molecule has 0 amide bonds. The van der Waals surface area contributed by atoms with Crippen LogP contribution >= 0.6 is 27.5 Å². The molecular weight excluding hydrogens is 350 g/mol. The first kappa shape index (κ1) is 14.2. The lowest BCUT2D eigenvalue weighted by Gasteiger charge is -2.10. The second-order valence-corrected chi connectivity index (χ2v) is 5.72. The largest absolute Gasteiger partial charge is 0.252 e. The van der Waals surface area contributed by atoms with Gasteiger partial charge in [-0.25, -0.2) is 9.97 Å². The molecule has 5 heteroatoms. The predicted molar refractivity (Wildman–Crippen MR) is 88.1 cm³/mol. The van der Waals surface area contributed by atoms with Gasteiger partial charge in [0.05, 0.1) is 5.69 Å². The molecule has 0 aliphatic heterocycles. The number of hydrogen-bond acceptors (Lipinski definition) is 3. The molecule has 0 saturated carbocycles. The molecule has 0 saturated heterocycles. The van der Waals surface area contributed by atoms with Gasteiger partial charge in [-0.15, -0.1) is 0 Å². The number of aromatic nitrogens is 3. The Morgan fingerprint density at radius 1 is 0.952 bits per heavy atom. The van der Waals surface area contributed by atoms with Crippen LogP contribution in [-0.4, -0.2) is 15.0 Å². The Morgan fingerprint density at radius 3 is 2.43 bits per heavy atom. The zero-order valence-electron chi connectivity index (χ0n) is 11.2. The molecule has 2 aromatic heterocycles. The van der Waals surface area contributed by atoms with Gasteiger partial charge in [-0.2, -0.15) is 0 Å². The van der Waals surface area contributed by atoms with Crippen molar-refractivity contribution in [3.05, 3.63) is 63.9 Å². The molecule has 1 aromatic carbocycles. The van der Waals surface area contributed by atoms with Crippen LogP contribution in [-0.2, 0) is 0 Å². The molecule has 0 spiro atoms. The zero-order chi connectivity index (χ0) is 14.8. The first-order valence-corrected chi connectivity index (χ1v) is 7.54. The van der Waals surface area contributed by atoms with Crippen molar-refractivity contribution in [1.82, 2.24) is 15.0 Å². The van der Waals surface area contributed by atoms with Crippen molar-refractivity contribution in [2.24, 2.45) is 0 Å². The molecule has 0 radical (unpaired) electrons. The predicted octanol–water partition coefficient (Wildman–Crippen LogP) is 4.93. The van der Waals surface area contributed by atoms with Gasteiger partial charge in [-0.05, 0) is 35.0 Å². The summed E-state index contributed by atoms with van der Waals surface area (Å²) in [4.78, 5) is 13.3. The molecule has 3 nitrogen and oxygen atoms in total. The second kappa shape index (κ2) is 5.92. The van der Waals surface area contributed by atoms with Gasteiger partial charge in [0.1, 0.15) is 10.8 Å². The lowest BCUT2D eigenvalue weighted by atomic mass is 10.1. The van der Waals surface area contributed by atoms with E-state index in [2.05, 4.69) is 30.9 Å². The van der Waals surface area contributed by atoms with Crippen molar-refractivity contribution in [3.8, 4) is 22.8 Å². The average molecular weight is 361 g/mol. The molecule has 0 aliphatic carbocycles. The summed E-state index contributed by atoms with van der Waals surface area (Å²) in [5.41, 5.74) is 3.37. The van der Waals surface area contributed by atoms with Gasteiger partial charge in [-0.3, -0.25) is 4.98 Å². The van der Waals surface area contributed by atoms with Crippen molar-refractivity contribution < 1.29 is 0 Å². The molecule has 0 unspecified atom stereocenters. The fourth-order valence-electron chi connectivity index (χ4n) is 2.02. The third-order valence-electron chi connectivity index (χ3n) is 3.10. The van der Waals surface area contributed by atoms with E-state index in [0.717, 1.165) is 21.3 Å². The van der Waals surface area contributed by atoms with Crippen molar-refractivity contribution in [3.63, 3.8) is 0 Å². The number of benzene rings is 1. The van der Waals surface area contributed by atoms with Crippen molar-refractivity contribution in [2.45, 2.75) is 6.92 Å². The van der Waals surface area contributed by atoms with Crippen LogP contribution < -0.4 is 0 Å². The van der Waals surface area contributed by atoms with Crippen LogP contribution in [0.5, 0.6) is 0 Å².